The number of likely N-dealkylation sites (tertiary alicyclic amines) is 1. The highest BCUT2D eigenvalue weighted by Gasteiger charge is 2.46. The molecule has 2 aliphatic rings. The highest BCUT2D eigenvalue weighted by molar-refractivity contribution is 5.94. The van der Waals surface area contributed by atoms with Crippen LogP contribution in [0.25, 0.3) is 0 Å². The number of benzene rings is 1. The first kappa shape index (κ1) is 20.1. The molecule has 1 amide bonds. The number of aliphatic hydroxyl groups is 2. The van der Waals surface area contributed by atoms with Gasteiger partial charge in [-0.15, -0.1) is 0 Å². The zero-order chi connectivity index (χ0) is 19.4. The third kappa shape index (κ3) is 4.60. The molecule has 7 nitrogen and oxygen atoms in total. The molecule has 4 unspecified atom stereocenters. The van der Waals surface area contributed by atoms with E-state index >= 15 is 0 Å². The summed E-state index contributed by atoms with van der Waals surface area (Å²) in [7, 11) is 3.91. The number of hydrogen-bond donors (Lipinski definition) is 3. The minimum absolute atomic E-state index is 0.164. The van der Waals surface area contributed by atoms with Crippen LogP contribution in [0, 0.1) is 0 Å². The van der Waals surface area contributed by atoms with Crippen LogP contribution in [0.15, 0.2) is 24.3 Å². The Bertz CT molecular complexity index is 616. The highest BCUT2D eigenvalue weighted by atomic mass is 16.5. The fraction of sp³-hybridized carbons (Fsp3) is 0.650. The summed E-state index contributed by atoms with van der Waals surface area (Å²) in [5.74, 6) is -0.164. The summed E-state index contributed by atoms with van der Waals surface area (Å²) in [4.78, 5) is 16.7. The van der Waals surface area contributed by atoms with Gasteiger partial charge in [0.25, 0.3) is 5.91 Å². The molecule has 0 radical (unpaired) electrons. The summed E-state index contributed by atoms with van der Waals surface area (Å²) in [6, 6.07) is 7.21. The first-order valence-corrected chi connectivity index (χ1v) is 9.75. The van der Waals surface area contributed by atoms with Crippen molar-refractivity contribution in [2.75, 3.05) is 45.2 Å². The summed E-state index contributed by atoms with van der Waals surface area (Å²) in [6.45, 7) is 1.92. The molecule has 0 aromatic heterocycles. The lowest BCUT2D eigenvalue weighted by molar-refractivity contribution is -0.0209. The van der Waals surface area contributed by atoms with E-state index in [9.17, 15) is 15.0 Å². The Kier molecular flexibility index (Phi) is 6.70. The number of ether oxygens (including phenoxy) is 1. The lowest BCUT2D eigenvalue weighted by atomic mass is 9.99. The van der Waals surface area contributed by atoms with E-state index in [-0.39, 0.29) is 24.7 Å². The van der Waals surface area contributed by atoms with Crippen molar-refractivity contribution in [1.29, 1.82) is 0 Å². The van der Waals surface area contributed by atoms with Gasteiger partial charge in [0.15, 0.2) is 0 Å². The van der Waals surface area contributed by atoms with E-state index in [1.807, 2.05) is 31.1 Å². The molecule has 2 saturated heterocycles. The summed E-state index contributed by atoms with van der Waals surface area (Å²) in [5, 5.41) is 23.0. The smallest absolute Gasteiger partial charge is 0.251 e. The van der Waals surface area contributed by atoms with Crippen LogP contribution < -0.4 is 10.2 Å². The molecule has 2 aliphatic heterocycles. The van der Waals surface area contributed by atoms with Gasteiger partial charge < -0.3 is 25.2 Å². The molecule has 2 fully saturated rings. The predicted molar refractivity (Wildman–Crippen MR) is 104 cm³/mol. The van der Waals surface area contributed by atoms with Gasteiger partial charge in [-0.05, 0) is 50.2 Å². The monoisotopic (exact) mass is 377 g/mol. The maximum absolute atomic E-state index is 12.5. The SMILES string of the molecule is CN(C)c1ccc(C(=O)NCC2OC(CO)C(O)C2N2CCCCC2)cc1. The van der Waals surface area contributed by atoms with Crippen LogP contribution >= 0.6 is 0 Å². The van der Waals surface area contributed by atoms with Crippen molar-refractivity contribution in [3.63, 3.8) is 0 Å². The van der Waals surface area contributed by atoms with E-state index in [0.29, 0.717) is 12.1 Å². The van der Waals surface area contributed by atoms with Crippen molar-refractivity contribution < 1.29 is 19.7 Å². The molecule has 0 saturated carbocycles. The lowest BCUT2D eigenvalue weighted by Gasteiger charge is -2.36. The van der Waals surface area contributed by atoms with Crippen LogP contribution in [-0.2, 0) is 4.74 Å². The van der Waals surface area contributed by atoms with Crippen molar-refractivity contribution in [2.45, 2.75) is 43.6 Å². The van der Waals surface area contributed by atoms with Crippen LogP contribution in [0.4, 0.5) is 5.69 Å². The summed E-state index contributed by atoms with van der Waals surface area (Å²) < 4.78 is 5.86. The van der Waals surface area contributed by atoms with Crippen LogP contribution in [0.5, 0.6) is 0 Å². The van der Waals surface area contributed by atoms with E-state index in [2.05, 4.69) is 10.2 Å². The molecule has 2 heterocycles. The number of nitrogens with one attached hydrogen (secondary N) is 1. The fourth-order valence-electron chi connectivity index (χ4n) is 4.02. The second-order valence-corrected chi connectivity index (χ2v) is 7.62. The third-order valence-electron chi connectivity index (χ3n) is 5.56. The maximum Gasteiger partial charge on any atom is 0.251 e. The van der Waals surface area contributed by atoms with Gasteiger partial charge in [0.2, 0.25) is 0 Å². The Balaban J connectivity index is 1.62. The predicted octanol–water partition coefficient (Wildman–Crippen LogP) is 0.458. The van der Waals surface area contributed by atoms with Gasteiger partial charge in [-0.1, -0.05) is 6.42 Å². The standard InChI is InChI=1S/C20H31N3O4/c1-22(2)15-8-6-14(7-9-15)20(26)21-12-16-18(19(25)17(13-24)27-16)23-10-4-3-5-11-23/h6-9,16-19,24-25H,3-5,10-13H2,1-2H3,(H,21,26). The molecule has 0 bridgehead atoms. The van der Waals surface area contributed by atoms with Gasteiger partial charge in [-0.25, -0.2) is 0 Å². The van der Waals surface area contributed by atoms with Crippen molar-refractivity contribution >= 4 is 11.6 Å². The molecule has 0 aliphatic carbocycles. The number of hydrogen-bond acceptors (Lipinski definition) is 6. The number of carbonyl (C=O) groups is 1. The quantitative estimate of drug-likeness (QED) is 0.668. The van der Waals surface area contributed by atoms with Crippen LogP contribution in [-0.4, -0.2) is 85.7 Å². The number of nitrogens with zero attached hydrogens (tertiary/aromatic N) is 2. The molecule has 0 spiro atoms. The Hall–Kier alpha value is -1.67. The molecule has 3 N–H and O–H groups in total. The maximum atomic E-state index is 12.5. The first-order chi connectivity index (χ1) is 13.0. The van der Waals surface area contributed by atoms with Gasteiger partial charge in [-0.2, -0.15) is 0 Å². The minimum Gasteiger partial charge on any atom is -0.394 e. The summed E-state index contributed by atoms with van der Waals surface area (Å²) >= 11 is 0. The van der Waals surface area contributed by atoms with Crippen molar-refractivity contribution in [2.24, 2.45) is 0 Å². The number of piperidine rings is 1. The molecular weight excluding hydrogens is 346 g/mol. The Labute approximate surface area is 160 Å². The Morgan fingerprint density at radius 1 is 1.19 bits per heavy atom. The zero-order valence-electron chi connectivity index (χ0n) is 16.2. The van der Waals surface area contributed by atoms with E-state index in [0.717, 1.165) is 31.6 Å². The van der Waals surface area contributed by atoms with Crippen LogP contribution in [0.1, 0.15) is 29.6 Å². The van der Waals surface area contributed by atoms with Crippen molar-refractivity contribution in [1.82, 2.24) is 10.2 Å². The number of anilines is 1. The molecule has 4 atom stereocenters. The van der Waals surface area contributed by atoms with E-state index < -0.39 is 12.2 Å². The lowest BCUT2D eigenvalue weighted by Crippen LogP contribution is -2.52. The average molecular weight is 377 g/mol. The summed E-state index contributed by atoms with van der Waals surface area (Å²) in [5.41, 5.74) is 1.62. The molecule has 1 aromatic rings. The van der Waals surface area contributed by atoms with Gasteiger partial charge in [0.05, 0.1) is 18.8 Å². The normalized spacial score (nSPS) is 28.9. The number of carbonyl (C=O) groups excluding carboxylic acids is 1. The number of rotatable bonds is 6. The van der Waals surface area contributed by atoms with Crippen molar-refractivity contribution in [3.05, 3.63) is 29.8 Å². The second-order valence-electron chi connectivity index (χ2n) is 7.62. The van der Waals surface area contributed by atoms with Crippen LogP contribution in [0.3, 0.4) is 0 Å². The first-order valence-electron chi connectivity index (χ1n) is 9.75. The largest absolute Gasteiger partial charge is 0.394 e. The molecule has 150 valence electrons. The molecule has 7 heteroatoms. The van der Waals surface area contributed by atoms with E-state index in [1.54, 1.807) is 12.1 Å². The molecular formula is C20H31N3O4. The topological polar surface area (TPSA) is 85.3 Å². The molecule has 3 rings (SSSR count). The Morgan fingerprint density at radius 3 is 2.44 bits per heavy atom. The van der Waals surface area contributed by atoms with Crippen molar-refractivity contribution in [3.8, 4) is 0 Å². The minimum atomic E-state index is -0.741. The van der Waals surface area contributed by atoms with E-state index in [4.69, 9.17) is 4.74 Å². The fourth-order valence-corrected chi connectivity index (χ4v) is 4.02. The second kappa shape index (κ2) is 9.01. The van der Waals surface area contributed by atoms with Crippen LogP contribution in [0.2, 0.25) is 0 Å². The van der Waals surface area contributed by atoms with Gasteiger partial charge in [0.1, 0.15) is 12.2 Å². The number of aliphatic hydroxyl groups excluding tert-OH is 2. The zero-order valence-corrected chi connectivity index (χ0v) is 16.2. The van der Waals surface area contributed by atoms with E-state index in [1.165, 1.54) is 6.42 Å². The summed E-state index contributed by atoms with van der Waals surface area (Å²) in [6.07, 6.45) is 1.73. The molecule has 1 aromatic carbocycles. The van der Waals surface area contributed by atoms with Gasteiger partial charge in [0, 0.05) is 31.9 Å². The highest BCUT2D eigenvalue weighted by Crippen LogP contribution is 2.28. The molecule has 27 heavy (non-hydrogen) atoms. The Morgan fingerprint density at radius 2 is 1.85 bits per heavy atom. The number of amides is 1. The van der Waals surface area contributed by atoms with Gasteiger partial charge in [-0.3, -0.25) is 9.69 Å². The average Bonchev–Trinajstić information content (AvgIpc) is 3.02. The third-order valence-corrected chi connectivity index (χ3v) is 5.56. The van der Waals surface area contributed by atoms with Gasteiger partial charge >= 0.3 is 0 Å².